The van der Waals surface area contributed by atoms with Crippen LogP contribution in [0.3, 0.4) is 0 Å². The molecular formula is C20H26N2O2S. The van der Waals surface area contributed by atoms with E-state index in [1.807, 2.05) is 36.4 Å². The zero-order chi connectivity index (χ0) is 17.7. The molecule has 0 bridgehead atoms. The number of rotatable bonds is 6. The van der Waals surface area contributed by atoms with E-state index in [1.54, 1.807) is 4.31 Å². The molecule has 1 unspecified atom stereocenters. The lowest BCUT2D eigenvalue weighted by Gasteiger charge is -2.39. The van der Waals surface area contributed by atoms with Gasteiger partial charge in [-0.2, -0.15) is 4.31 Å². The Morgan fingerprint density at radius 2 is 1.52 bits per heavy atom. The molecule has 1 atom stereocenters. The zero-order valence-corrected chi connectivity index (χ0v) is 15.5. The molecule has 0 saturated carbocycles. The first kappa shape index (κ1) is 18.1. The van der Waals surface area contributed by atoms with Crippen molar-refractivity contribution in [3.8, 4) is 0 Å². The largest absolute Gasteiger partial charge is 0.298 e. The van der Waals surface area contributed by atoms with Crippen LogP contribution in [0.5, 0.6) is 0 Å². The van der Waals surface area contributed by atoms with Crippen LogP contribution in [0.2, 0.25) is 0 Å². The average Bonchev–Trinajstić information content (AvgIpc) is 2.62. The summed E-state index contributed by atoms with van der Waals surface area (Å²) < 4.78 is 27.0. The van der Waals surface area contributed by atoms with Crippen molar-refractivity contribution < 1.29 is 8.42 Å². The van der Waals surface area contributed by atoms with Gasteiger partial charge < -0.3 is 0 Å². The molecule has 0 amide bonds. The average molecular weight is 359 g/mol. The van der Waals surface area contributed by atoms with Crippen LogP contribution in [0.15, 0.2) is 60.7 Å². The summed E-state index contributed by atoms with van der Waals surface area (Å²) in [4.78, 5) is 2.39. The molecule has 1 fully saturated rings. The van der Waals surface area contributed by atoms with E-state index < -0.39 is 10.0 Å². The highest BCUT2D eigenvalue weighted by atomic mass is 32.2. The van der Waals surface area contributed by atoms with Gasteiger partial charge in [0.05, 0.1) is 5.75 Å². The minimum atomic E-state index is -3.25. The molecule has 134 valence electrons. The van der Waals surface area contributed by atoms with Crippen LogP contribution < -0.4 is 0 Å². The Bertz CT molecular complexity index is 763. The Kier molecular flexibility index (Phi) is 5.89. The number of hydrogen-bond acceptors (Lipinski definition) is 3. The third-order valence-corrected chi connectivity index (χ3v) is 6.66. The van der Waals surface area contributed by atoms with Crippen LogP contribution in [0.4, 0.5) is 0 Å². The maximum atomic E-state index is 12.7. The second-order valence-electron chi connectivity index (χ2n) is 6.72. The fourth-order valence-electron chi connectivity index (χ4n) is 3.34. The molecule has 0 spiro atoms. The maximum Gasteiger partial charge on any atom is 0.218 e. The summed E-state index contributed by atoms with van der Waals surface area (Å²) in [6.45, 7) is 5.03. The summed E-state index contributed by atoms with van der Waals surface area (Å²) in [5, 5.41) is 0. The molecule has 25 heavy (non-hydrogen) atoms. The second-order valence-corrected chi connectivity index (χ2v) is 8.69. The SMILES string of the molecule is CC1CN(S(=O)(=O)Cc2ccccc2)CCN1CCc1ccccc1. The first-order valence-corrected chi connectivity index (χ1v) is 10.5. The first-order chi connectivity index (χ1) is 12.0. The number of sulfonamides is 1. The highest BCUT2D eigenvalue weighted by Crippen LogP contribution is 2.17. The molecule has 0 radical (unpaired) electrons. The molecule has 5 heteroatoms. The third kappa shape index (κ3) is 4.91. The minimum Gasteiger partial charge on any atom is -0.298 e. The standard InChI is InChI=1S/C20H26N2O2S/c1-18-16-22(25(23,24)17-20-10-6-3-7-11-20)15-14-21(18)13-12-19-8-4-2-5-9-19/h2-11,18H,12-17H2,1H3. The van der Waals surface area contributed by atoms with Crippen LogP contribution in [0.25, 0.3) is 0 Å². The number of benzene rings is 2. The van der Waals surface area contributed by atoms with Crippen molar-refractivity contribution in [1.29, 1.82) is 0 Å². The fraction of sp³-hybridized carbons (Fsp3) is 0.400. The lowest BCUT2D eigenvalue weighted by Crippen LogP contribution is -2.54. The van der Waals surface area contributed by atoms with Crippen molar-refractivity contribution in [2.24, 2.45) is 0 Å². The summed E-state index contributed by atoms with van der Waals surface area (Å²) in [5.74, 6) is 0.0879. The summed E-state index contributed by atoms with van der Waals surface area (Å²) >= 11 is 0. The van der Waals surface area contributed by atoms with Crippen molar-refractivity contribution in [2.45, 2.75) is 25.1 Å². The van der Waals surface area contributed by atoms with Gasteiger partial charge >= 0.3 is 0 Å². The molecule has 4 nitrogen and oxygen atoms in total. The van der Waals surface area contributed by atoms with Gasteiger partial charge in [-0.15, -0.1) is 0 Å². The summed E-state index contributed by atoms with van der Waals surface area (Å²) in [6, 6.07) is 20.1. The molecular weight excluding hydrogens is 332 g/mol. The van der Waals surface area contributed by atoms with Gasteiger partial charge in [-0.05, 0) is 24.5 Å². The molecule has 1 aliphatic heterocycles. The van der Waals surface area contributed by atoms with E-state index in [9.17, 15) is 8.42 Å². The Morgan fingerprint density at radius 3 is 2.12 bits per heavy atom. The van der Waals surface area contributed by atoms with Gasteiger partial charge in [0.25, 0.3) is 0 Å². The Labute approximate surface area is 151 Å². The van der Waals surface area contributed by atoms with Gasteiger partial charge in [-0.25, -0.2) is 8.42 Å². The van der Waals surface area contributed by atoms with Crippen LogP contribution in [-0.4, -0.2) is 49.8 Å². The van der Waals surface area contributed by atoms with Gasteiger partial charge in [0.15, 0.2) is 0 Å². The number of nitrogens with zero attached hydrogens (tertiary/aromatic N) is 2. The predicted octanol–water partition coefficient (Wildman–Crippen LogP) is 2.77. The van der Waals surface area contributed by atoms with Crippen LogP contribution >= 0.6 is 0 Å². The quantitative estimate of drug-likeness (QED) is 0.797. The predicted molar refractivity (Wildman–Crippen MR) is 102 cm³/mol. The van der Waals surface area contributed by atoms with Crippen molar-refractivity contribution >= 4 is 10.0 Å². The summed E-state index contributed by atoms with van der Waals surface area (Å²) in [6.07, 6.45) is 1.00. The van der Waals surface area contributed by atoms with Crippen LogP contribution in [0, 0.1) is 0 Å². The lowest BCUT2D eigenvalue weighted by molar-refractivity contribution is 0.130. The molecule has 1 aliphatic rings. The third-order valence-electron chi connectivity index (χ3n) is 4.84. The smallest absolute Gasteiger partial charge is 0.218 e. The Morgan fingerprint density at radius 1 is 0.920 bits per heavy atom. The molecule has 0 aliphatic carbocycles. The van der Waals surface area contributed by atoms with Crippen molar-refractivity contribution in [1.82, 2.24) is 9.21 Å². The Hall–Kier alpha value is -1.69. The minimum absolute atomic E-state index is 0.0879. The lowest BCUT2D eigenvalue weighted by atomic mass is 10.1. The molecule has 0 aromatic heterocycles. The molecule has 1 saturated heterocycles. The topological polar surface area (TPSA) is 40.6 Å². The van der Waals surface area contributed by atoms with Gasteiger partial charge in [0.1, 0.15) is 0 Å². The second kappa shape index (κ2) is 8.13. The molecule has 0 N–H and O–H groups in total. The van der Waals surface area contributed by atoms with Gasteiger partial charge in [-0.1, -0.05) is 60.7 Å². The zero-order valence-electron chi connectivity index (χ0n) is 14.7. The fourth-order valence-corrected chi connectivity index (χ4v) is 4.94. The summed E-state index contributed by atoms with van der Waals surface area (Å²) in [7, 11) is -3.25. The first-order valence-electron chi connectivity index (χ1n) is 8.84. The Balaban J connectivity index is 1.55. The molecule has 2 aromatic carbocycles. The molecule has 2 aromatic rings. The van der Waals surface area contributed by atoms with E-state index in [4.69, 9.17) is 0 Å². The maximum absolute atomic E-state index is 12.7. The van der Waals surface area contributed by atoms with Crippen LogP contribution in [-0.2, 0) is 22.2 Å². The van der Waals surface area contributed by atoms with Gasteiger partial charge in [0.2, 0.25) is 10.0 Å². The van der Waals surface area contributed by atoms with E-state index in [-0.39, 0.29) is 11.8 Å². The van der Waals surface area contributed by atoms with E-state index in [2.05, 4.69) is 36.1 Å². The highest BCUT2D eigenvalue weighted by molar-refractivity contribution is 7.88. The molecule has 1 heterocycles. The van der Waals surface area contributed by atoms with Crippen molar-refractivity contribution in [2.75, 3.05) is 26.2 Å². The van der Waals surface area contributed by atoms with E-state index in [0.717, 1.165) is 25.1 Å². The van der Waals surface area contributed by atoms with Gasteiger partial charge in [0, 0.05) is 32.2 Å². The van der Waals surface area contributed by atoms with E-state index in [1.165, 1.54) is 5.56 Å². The van der Waals surface area contributed by atoms with E-state index >= 15 is 0 Å². The van der Waals surface area contributed by atoms with Crippen molar-refractivity contribution in [3.05, 3.63) is 71.8 Å². The number of piperazine rings is 1. The molecule has 3 rings (SSSR count). The highest BCUT2D eigenvalue weighted by Gasteiger charge is 2.30. The van der Waals surface area contributed by atoms with E-state index in [0.29, 0.717) is 13.1 Å². The van der Waals surface area contributed by atoms with Gasteiger partial charge in [-0.3, -0.25) is 4.90 Å². The summed E-state index contributed by atoms with van der Waals surface area (Å²) in [5.41, 5.74) is 2.18. The van der Waals surface area contributed by atoms with Crippen LogP contribution in [0.1, 0.15) is 18.1 Å². The number of hydrogen-bond donors (Lipinski definition) is 0. The van der Waals surface area contributed by atoms with Crippen molar-refractivity contribution in [3.63, 3.8) is 0 Å². The normalized spacial score (nSPS) is 19.8. The monoisotopic (exact) mass is 358 g/mol.